The molecule has 1 aliphatic heterocycles. The second-order valence-corrected chi connectivity index (χ2v) is 10.1. The smallest absolute Gasteiger partial charge is 0.245 e. The molecule has 4 nitrogen and oxygen atoms in total. The second-order valence-electron chi connectivity index (χ2n) is 10.1. The number of hydrogen-bond acceptors (Lipinski definition) is 2. The van der Waals surface area contributed by atoms with Gasteiger partial charge in [0.15, 0.2) is 0 Å². The normalized spacial score (nSPS) is 37.5. The highest BCUT2D eigenvalue weighted by Crippen LogP contribution is 2.60. The Labute approximate surface area is 158 Å². The molecule has 1 heterocycles. The third-order valence-electron chi connectivity index (χ3n) is 7.66. The lowest BCUT2D eigenvalue weighted by molar-refractivity contribution is -0.150. The van der Waals surface area contributed by atoms with Crippen molar-refractivity contribution in [3.8, 4) is 0 Å². The predicted octanol–water partition coefficient (Wildman–Crippen LogP) is 3.75. The minimum atomic E-state index is -0.353. The Balaban J connectivity index is 1.46. The second kappa shape index (κ2) is 7.16. The van der Waals surface area contributed by atoms with Crippen LogP contribution in [0.5, 0.6) is 0 Å². The minimum absolute atomic E-state index is 0.142. The van der Waals surface area contributed by atoms with Crippen LogP contribution < -0.4 is 5.32 Å². The molecule has 0 aromatic carbocycles. The molecule has 146 valence electrons. The average molecular weight is 361 g/mol. The SMILES string of the molecule is CC(C)[C@H](NC(=O)C12CC3CC(CC(C3)C1)C2)C(=O)N1CCCCCC1. The summed E-state index contributed by atoms with van der Waals surface area (Å²) in [7, 11) is 0. The van der Waals surface area contributed by atoms with Crippen LogP contribution in [0.4, 0.5) is 0 Å². The first-order chi connectivity index (χ1) is 12.5. The zero-order valence-corrected chi connectivity index (χ0v) is 16.6. The van der Waals surface area contributed by atoms with Crippen molar-refractivity contribution in [2.45, 2.75) is 84.1 Å². The molecule has 2 amide bonds. The number of amides is 2. The van der Waals surface area contributed by atoms with Gasteiger partial charge in [-0.05, 0) is 75.0 Å². The molecule has 5 aliphatic rings. The molecule has 0 radical (unpaired) electrons. The topological polar surface area (TPSA) is 49.4 Å². The molecule has 4 saturated carbocycles. The van der Waals surface area contributed by atoms with Crippen LogP contribution >= 0.6 is 0 Å². The third kappa shape index (κ3) is 3.41. The molecule has 1 N–H and O–H groups in total. The fraction of sp³-hybridized carbons (Fsp3) is 0.909. The molecule has 0 aromatic heterocycles. The van der Waals surface area contributed by atoms with Gasteiger partial charge in [-0.1, -0.05) is 26.7 Å². The van der Waals surface area contributed by atoms with Crippen molar-refractivity contribution >= 4 is 11.8 Å². The first-order valence-electron chi connectivity index (χ1n) is 11.1. The number of likely N-dealkylation sites (tertiary alicyclic amines) is 1. The van der Waals surface area contributed by atoms with E-state index in [1.807, 2.05) is 4.90 Å². The summed E-state index contributed by atoms with van der Waals surface area (Å²) < 4.78 is 0. The third-order valence-corrected chi connectivity index (χ3v) is 7.66. The fourth-order valence-corrected chi connectivity index (χ4v) is 6.68. The summed E-state index contributed by atoms with van der Waals surface area (Å²) in [4.78, 5) is 28.6. The quantitative estimate of drug-likeness (QED) is 0.830. The van der Waals surface area contributed by atoms with Gasteiger partial charge in [-0.3, -0.25) is 9.59 Å². The van der Waals surface area contributed by atoms with Crippen molar-refractivity contribution in [1.29, 1.82) is 0 Å². The van der Waals surface area contributed by atoms with Crippen molar-refractivity contribution in [3.05, 3.63) is 0 Å². The zero-order valence-electron chi connectivity index (χ0n) is 16.6. The number of nitrogens with one attached hydrogen (secondary N) is 1. The predicted molar refractivity (Wildman–Crippen MR) is 102 cm³/mol. The summed E-state index contributed by atoms with van der Waals surface area (Å²) in [6.45, 7) is 5.85. The Morgan fingerprint density at radius 1 is 0.885 bits per heavy atom. The van der Waals surface area contributed by atoms with Gasteiger partial charge < -0.3 is 10.2 Å². The average Bonchev–Trinajstić information content (AvgIpc) is 2.86. The highest BCUT2D eigenvalue weighted by atomic mass is 16.2. The van der Waals surface area contributed by atoms with E-state index < -0.39 is 0 Å². The molecule has 5 fully saturated rings. The van der Waals surface area contributed by atoms with Gasteiger partial charge in [-0.25, -0.2) is 0 Å². The van der Waals surface area contributed by atoms with Crippen LogP contribution in [0.25, 0.3) is 0 Å². The van der Waals surface area contributed by atoms with Gasteiger partial charge in [0, 0.05) is 18.5 Å². The van der Waals surface area contributed by atoms with Crippen molar-refractivity contribution in [2.24, 2.45) is 29.1 Å². The summed E-state index contributed by atoms with van der Waals surface area (Å²) in [5, 5.41) is 3.26. The van der Waals surface area contributed by atoms with Gasteiger partial charge in [0.2, 0.25) is 11.8 Å². The van der Waals surface area contributed by atoms with Crippen LogP contribution in [0.15, 0.2) is 0 Å². The Morgan fingerprint density at radius 3 is 1.85 bits per heavy atom. The molecule has 1 atom stereocenters. The minimum Gasteiger partial charge on any atom is -0.344 e. The Kier molecular flexibility index (Phi) is 5.04. The maximum Gasteiger partial charge on any atom is 0.245 e. The van der Waals surface area contributed by atoms with Gasteiger partial charge in [-0.15, -0.1) is 0 Å². The molecule has 5 rings (SSSR count). The molecule has 4 heteroatoms. The molecule has 0 unspecified atom stereocenters. The van der Waals surface area contributed by atoms with E-state index in [9.17, 15) is 9.59 Å². The summed E-state index contributed by atoms with van der Waals surface area (Å²) in [5.41, 5.74) is -0.166. The maximum atomic E-state index is 13.4. The number of carbonyl (C=O) groups excluding carboxylic acids is 2. The maximum absolute atomic E-state index is 13.4. The van der Waals surface area contributed by atoms with Gasteiger partial charge >= 0.3 is 0 Å². The summed E-state index contributed by atoms with van der Waals surface area (Å²) in [5.74, 6) is 2.75. The number of rotatable bonds is 4. The Hall–Kier alpha value is -1.06. The monoisotopic (exact) mass is 360 g/mol. The number of carbonyl (C=O) groups is 2. The molecule has 4 bridgehead atoms. The van der Waals surface area contributed by atoms with E-state index in [-0.39, 0.29) is 29.2 Å². The molecule has 0 aromatic rings. The lowest BCUT2D eigenvalue weighted by atomic mass is 9.49. The van der Waals surface area contributed by atoms with E-state index >= 15 is 0 Å². The standard InChI is InChI=1S/C22H36N2O2/c1-15(2)19(20(25)24-7-5-3-4-6-8-24)23-21(26)22-12-16-9-17(13-22)11-18(10-16)14-22/h15-19H,3-14H2,1-2H3,(H,23,26)/t16?,17?,18?,19-,22?/m0/s1. The van der Waals surface area contributed by atoms with E-state index in [1.165, 1.54) is 32.1 Å². The zero-order chi connectivity index (χ0) is 18.3. The lowest BCUT2D eigenvalue weighted by Crippen LogP contribution is -2.58. The largest absolute Gasteiger partial charge is 0.344 e. The first kappa shape index (κ1) is 18.3. The summed E-state index contributed by atoms with van der Waals surface area (Å²) in [6, 6.07) is -0.353. The van der Waals surface area contributed by atoms with Crippen molar-refractivity contribution in [3.63, 3.8) is 0 Å². The van der Waals surface area contributed by atoms with Crippen molar-refractivity contribution < 1.29 is 9.59 Å². The summed E-state index contributed by atoms with van der Waals surface area (Å²) in [6.07, 6.45) is 11.8. The highest BCUT2D eigenvalue weighted by molar-refractivity contribution is 5.90. The Morgan fingerprint density at radius 2 is 1.38 bits per heavy atom. The fourth-order valence-electron chi connectivity index (χ4n) is 6.68. The van der Waals surface area contributed by atoms with E-state index in [0.717, 1.165) is 62.9 Å². The molecule has 4 aliphatic carbocycles. The molecule has 26 heavy (non-hydrogen) atoms. The molecule has 0 spiro atoms. The number of nitrogens with zero attached hydrogens (tertiary/aromatic N) is 1. The molecule has 1 saturated heterocycles. The molecular formula is C22H36N2O2. The van der Waals surface area contributed by atoms with Gasteiger partial charge in [0.25, 0.3) is 0 Å². The van der Waals surface area contributed by atoms with E-state index in [1.54, 1.807) is 0 Å². The van der Waals surface area contributed by atoms with Crippen LogP contribution in [-0.4, -0.2) is 35.8 Å². The van der Waals surface area contributed by atoms with Crippen LogP contribution in [0.2, 0.25) is 0 Å². The van der Waals surface area contributed by atoms with Crippen LogP contribution in [-0.2, 0) is 9.59 Å². The van der Waals surface area contributed by atoms with Gasteiger partial charge in [0.1, 0.15) is 6.04 Å². The number of hydrogen-bond donors (Lipinski definition) is 1. The van der Waals surface area contributed by atoms with E-state index in [4.69, 9.17) is 0 Å². The lowest BCUT2D eigenvalue weighted by Gasteiger charge is -2.56. The van der Waals surface area contributed by atoms with Gasteiger partial charge in [0.05, 0.1) is 0 Å². The first-order valence-corrected chi connectivity index (χ1v) is 11.1. The highest BCUT2D eigenvalue weighted by Gasteiger charge is 2.55. The van der Waals surface area contributed by atoms with Gasteiger partial charge in [-0.2, -0.15) is 0 Å². The van der Waals surface area contributed by atoms with Crippen molar-refractivity contribution in [1.82, 2.24) is 10.2 Å². The van der Waals surface area contributed by atoms with Crippen LogP contribution in [0, 0.1) is 29.1 Å². The Bertz CT molecular complexity index is 513. The molecular weight excluding hydrogens is 324 g/mol. The van der Waals surface area contributed by atoms with E-state index in [2.05, 4.69) is 19.2 Å². The van der Waals surface area contributed by atoms with E-state index in [0.29, 0.717) is 0 Å². The van der Waals surface area contributed by atoms with Crippen LogP contribution in [0.3, 0.4) is 0 Å². The van der Waals surface area contributed by atoms with Crippen LogP contribution in [0.1, 0.15) is 78.1 Å². The summed E-state index contributed by atoms with van der Waals surface area (Å²) >= 11 is 0. The van der Waals surface area contributed by atoms with Crippen molar-refractivity contribution in [2.75, 3.05) is 13.1 Å².